The van der Waals surface area contributed by atoms with Crippen LogP contribution in [-0.4, -0.2) is 77.8 Å². The second-order valence-corrected chi connectivity index (χ2v) is 5.59. The van der Waals surface area contributed by atoms with Crippen LogP contribution in [0.15, 0.2) is 18.3 Å². The van der Waals surface area contributed by atoms with Crippen LogP contribution in [0.1, 0.15) is 23.0 Å². The maximum atomic E-state index is 12.4. The molecule has 0 saturated carbocycles. The molecule has 1 fully saturated rings. The number of piperazine rings is 1. The van der Waals surface area contributed by atoms with E-state index < -0.39 is 6.10 Å². The van der Waals surface area contributed by atoms with Crippen LogP contribution in [0.25, 0.3) is 0 Å². The van der Waals surface area contributed by atoms with Gasteiger partial charge in [-0.05, 0) is 26.0 Å². The van der Waals surface area contributed by atoms with E-state index in [4.69, 9.17) is 4.74 Å². The molecule has 1 aromatic rings. The lowest BCUT2D eigenvalue weighted by Crippen LogP contribution is -2.50. The number of nitrogens with zero attached hydrogens (tertiary/aromatic N) is 3. The molecule has 0 aromatic carbocycles. The van der Waals surface area contributed by atoms with Crippen LogP contribution >= 0.6 is 0 Å². The highest BCUT2D eigenvalue weighted by Gasteiger charge is 2.23. The van der Waals surface area contributed by atoms with Gasteiger partial charge in [0.2, 0.25) is 0 Å². The predicted molar refractivity (Wildman–Crippen MR) is 83.8 cm³/mol. The SMILES string of the molecule is CCOCC(O)CN1CCN(C(=O)c2ccc(C)nc2)CC1. The molecule has 1 saturated heterocycles. The number of amides is 1. The molecule has 2 heterocycles. The fourth-order valence-electron chi connectivity index (χ4n) is 2.52. The highest BCUT2D eigenvalue weighted by Crippen LogP contribution is 2.09. The van der Waals surface area contributed by atoms with E-state index >= 15 is 0 Å². The number of rotatable bonds is 6. The summed E-state index contributed by atoms with van der Waals surface area (Å²) in [5.41, 5.74) is 1.54. The number of carbonyl (C=O) groups excluding carboxylic acids is 1. The van der Waals surface area contributed by atoms with E-state index in [-0.39, 0.29) is 5.91 Å². The smallest absolute Gasteiger partial charge is 0.255 e. The van der Waals surface area contributed by atoms with Crippen molar-refractivity contribution in [2.75, 3.05) is 45.9 Å². The van der Waals surface area contributed by atoms with Gasteiger partial charge >= 0.3 is 0 Å². The van der Waals surface area contributed by atoms with Crippen LogP contribution in [0.5, 0.6) is 0 Å². The summed E-state index contributed by atoms with van der Waals surface area (Å²) in [5.74, 6) is 0.0296. The standard InChI is InChI=1S/C16H25N3O3/c1-3-22-12-15(20)11-18-6-8-19(9-7-18)16(21)14-5-4-13(2)17-10-14/h4-5,10,15,20H,3,6-9,11-12H2,1-2H3. The van der Waals surface area contributed by atoms with Crippen LogP contribution in [0.4, 0.5) is 0 Å². The molecule has 1 unspecified atom stereocenters. The van der Waals surface area contributed by atoms with Gasteiger partial charge in [-0.25, -0.2) is 0 Å². The maximum Gasteiger partial charge on any atom is 0.255 e. The second kappa shape index (κ2) is 8.22. The Labute approximate surface area is 131 Å². The van der Waals surface area contributed by atoms with Gasteiger partial charge in [0, 0.05) is 51.2 Å². The largest absolute Gasteiger partial charge is 0.389 e. The summed E-state index contributed by atoms with van der Waals surface area (Å²) >= 11 is 0. The molecular weight excluding hydrogens is 282 g/mol. The predicted octanol–water partition coefficient (Wildman–Crippen LogP) is 0.545. The first-order valence-electron chi connectivity index (χ1n) is 7.80. The van der Waals surface area contributed by atoms with Crippen molar-refractivity contribution in [3.63, 3.8) is 0 Å². The summed E-state index contributed by atoms with van der Waals surface area (Å²) in [6.07, 6.45) is 1.17. The van der Waals surface area contributed by atoms with Crippen LogP contribution in [0.3, 0.4) is 0 Å². The maximum absolute atomic E-state index is 12.4. The third-order valence-electron chi connectivity index (χ3n) is 3.80. The normalized spacial score (nSPS) is 17.5. The molecule has 1 amide bonds. The zero-order valence-electron chi connectivity index (χ0n) is 13.4. The van der Waals surface area contributed by atoms with E-state index in [9.17, 15) is 9.90 Å². The number of aliphatic hydroxyl groups excluding tert-OH is 1. The molecule has 6 heteroatoms. The van der Waals surface area contributed by atoms with Crippen LogP contribution < -0.4 is 0 Å². The molecule has 0 radical (unpaired) electrons. The monoisotopic (exact) mass is 307 g/mol. The Morgan fingerprint density at radius 1 is 1.36 bits per heavy atom. The van der Waals surface area contributed by atoms with Gasteiger partial charge in [0.05, 0.1) is 18.3 Å². The van der Waals surface area contributed by atoms with Gasteiger partial charge in [-0.1, -0.05) is 0 Å². The summed E-state index contributed by atoms with van der Waals surface area (Å²) in [7, 11) is 0. The number of ether oxygens (including phenoxy) is 1. The van der Waals surface area contributed by atoms with Gasteiger partial charge in [-0.3, -0.25) is 14.7 Å². The highest BCUT2D eigenvalue weighted by atomic mass is 16.5. The van der Waals surface area contributed by atoms with Crippen molar-refractivity contribution >= 4 is 5.91 Å². The fourth-order valence-corrected chi connectivity index (χ4v) is 2.52. The van der Waals surface area contributed by atoms with Crippen molar-refractivity contribution in [1.82, 2.24) is 14.8 Å². The number of hydrogen-bond acceptors (Lipinski definition) is 5. The molecule has 1 N–H and O–H groups in total. The summed E-state index contributed by atoms with van der Waals surface area (Å²) in [5, 5.41) is 9.86. The summed E-state index contributed by atoms with van der Waals surface area (Å²) in [6.45, 7) is 8.28. The van der Waals surface area contributed by atoms with E-state index in [0.717, 1.165) is 18.8 Å². The minimum atomic E-state index is -0.469. The van der Waals surface area contributed by atoms with Crippen LogP contribution in [-0.2, 0) is 4.74 Å². The molecule has 1 aliphatic rings. The van der Waals surface area contributed by atoms with Gasteiger partial charge in [0.25, 0.3) is 5.91 Å². The average molecular weight is 307 g/mol. The quantitative estimate of drug-likeness (QED) is 0.831. The molecule has 122 valence electrons. The number of carbonyl (C=O) groups is 1. The minimum absolute atomic E-state index is 0.0296. The third kappa shape index (κ3) is 4.76. The van der Waals surface area contributed by atoms with Crippen molar-refractivity contribution in [3.8, 4) is 0 Å². The van der Waals surface area contributed by atoms with Gasteiger partial charge in [0.1, 0.15) is 0 Å². The average Bonchev–Trinajstić information content (AvgIpc) is 2.54. The van der Waals surface area contributed by atoms with Crippen molar-refractivity contribution in [2.45, 2.75) is 20.0 Å². The molecule has 1 atom stereocenters. The molecular formula is C16H25N3O3. The number of aromatic nitrogens is 1. The lowest BCUT2D eigenvalue weighted by molar-refractivity contribution is 0.0111. The highest BCUT2D eigenvalue weighted by molar-refractivity contribution is 5.94. The first kappa shape index (κ1) is 16.9. The summed E-state index contributed by atoms with van der Waals surface area (Å²) < 4.78 is 5.22. The number of aryl methyl sites for hydroxylation is 1. The first-order valence-corrected chi connectivity index (χ1v) is 7.80. The van der Waals surface area contributed by atoms with E-state index in [0.29, 0.717) is 38.4 Å². The van der Waals surface area contributed by atoms with Crippen LogP contribution in [0, 0.1) is 6.92 Å². The van der Waals surface area contributed by atoms with Gasteiger partial charge < -0.3 is 14.7 Å². The number of pyridine rings is 1. The third-order valence-corrected chi connectivity index (χ3v) is 3.80. The molecule has 1 aromatic heterocycles. The Bertz CT molecular complexity index is 470. The van der Waals surface area contributed by atoms with Crippen molar-refractivity contribution in [2.24, 2.45) is 0 Å². The van der Waals surface area contributed by atoms with E-state index in [1.807, 2.05) is 30.9 Å². The summed E-state index contributed by atoms with van der Waals surface area (Å²) in [6, 6.07) is 3.68. The lowest BCUT2D eigenvalue weighted by Gasteiger charge is -2.35. The molecule has 1 aliphatic heterocycles. The molecule has 0 aliphatic carbocycles. The van der Waals surface area contributed by atoms with E-state index in [1.165, 1.54) is 0 Å². The topological polar surface area (TPSA) is 65.9 Å². The number of hydrogen-bond donors (Lipinski definition) is 1. The molecule has 0 bridgehead atoms. The van der Waals surface area contributed by atoms with Gasteiger partial charge in [-0.2, -0.15) is 0 Å². The van der Waals surface area contributed by atoms with Gasteiger partial charge in [-0.15, -0.1) is 0 Å². The lowest BCUT2D eigenvalue weighted by atomic mass is 10.2. The Morgan fingerprint density at radius 2 is 2.09 bits per heavy atom. The Kier molecular flexibility index (Phi) is 6.30. The summed E-state index contributed by atoms with van der Waals surface area (Å²) in [4.78, 5) is 20.6. The molecule has 6 nitrogen and oxygen atoms in total. The van der Waals surface area contributed by atoms with Crippen molar-refractivity contribution in [1.29, 1.82) is 0 Å². The molecule has 22 heavy (non-hydrogen) atoms. The molecule has 0 spiro atoms. The zero-order chi connectivity index (χ0) is 15.9. The number of β-amino-alcohol motifs (C(OH)–C–C–N with tert-alkyl or cyclic N) is 1. The van der Waals surface area contributed by atoms with Crippen molar-refractivity contribution < 1.29 is 14.6 Å². The van der Waals surface area contributed by atoms with Gasteiger partial charge in [0.15, 0.2) is 0 Å². The van der Waals surface area contributed by atoms with Crippen molar-refractivity contribution in [3.05, 3.63) is 29.6 Å². The Morgan fingerprint density at radius 3 is 2.68 bits per heavy atom. The first-order chi connectivity index (χ1) is 10.6. The Hall–Kier alpha value is -1.50. The number of aliphatic hydroxyl groups is 1. The second-order valence-electron chi connectivity index (χ2n) is 5.59. The molecule has 2 rings (SSSR count). The minimum Gasteiger partial charge on any atom is -0.389 e. The van der Waals surface area contributed by atoms with Crippen LogP contribution in [0.2, 0.25) is 0 Å². The van der Waals surface area contributed by atoms with E-state index in [1.54, 1.807) is 6.20 Å². The fraction of sp³-hybridized carbons (Fsp3) is 0.625. The zero-order valence-corrected chi connectivity index (χ0v) is 13.4. The van der Waals surface area contributed by atoms with E-state index in [2.05, 4.69) is 9.88 Å². The Balaban J connectivity index is 1.79.